The van der Waals surface area contributed by atoms with Gasteiger partial charge >= 0.3 is 0 Å². The summed E-state index contributed by atoms with van der Waals surface area (Å²) in [5.41, 5.74) is 7.02. The number of rotatable bonds is 8. The summed E-state index contributed by atoms with van der Waals surface area (Å²) in [6.45, 7) is 9.01. The highest BCUT2D eigenvalue weighted by Crippen LogP contribution is 2.24. The third-order valence-corrected chi connectivity index (χ3v) is 3.76. The lowest BCUT2D eigenvalue weighted by Crippen LogP contribution is -2.37. The zero-order chi connectivity index (χ0) is 14.3. The Balaban J connectivity index is 3.05. The van der Waals surface area contributed by atoms with Crippen molar-refractivity contribution in [2.24, 2.45) is 5.73 Å². The number of nitrogens with zero attached hydrogens (tertiary/aromatic N) is 1. The Kier molecular flexibility index (Phi) is 6.84. The lowest BCUT2D eigenvalue weighted by molar-refractivity contribution is 0.301. The zero-order valence-corrected chi connectivity index (χ0v) is 12.8. The van der Waals surface area contributed by atoms with Crippen molar-refractivity contribution in [3.63, 3.8) is 0 Å². The molecule has 0 amide bonds. The van der Waals surface area contributed by atoms with E-state index in [0.717, 1.165) is 18.7 Å². The van der Waals surface area contributed by atoms with Crippen LogP contribution in [0, 0.1) is 0 Å². The molecule has 0 fully saturated rings. The molecular formula is C15H20N2S2. The van der Waals surface area contributed by atoms with E-state index in [0.29, 0.717) is 4.99 Å². The van der Waals surface area contributed by atoms with Gasteiger partial charge in [-0.15, -0.1) is 24.9 Å². The molecule has 0 heterocycles. The van der Waals surface area contributed by atoms with Crippen LogP contribution in [0.3, 0.4) is 0 Å². The molecule has 1 unspecified atom stereocenters. The predicted octanol–water partition coefficient (Wildman–Crippen LogP) is 3.41. The van der Waals surface area contributed by atoms with Crippen LogP contribution in [0.5, 0.6) is 0 Å². The van der Waals surface area contributed by atoms with E-state index < -0.39 is 0 Å². The fourth-order valence-corrected chi connectivity index (χ4v) is 2.65. The van der Waals surface area contributed by atoms with E-state index >= 15 is 0 Å². The van der Waals surface area contributed by atoms with Gasteiger partial charge < -0.3 is 5.73 Å². The summed E-state index contributed by atoms with van der Waals surface area (Å²) in [7, 11) is 0. The van der Waals surface area contributed by atoms with Gasteiger partial charge in [-0.3, -0.25) is 4.90 Å². The molecule has 1 atom stereocenters. The van der Waals surface area contributed by atoms with Crippen LogP contribution in [-0.2, 0) is 0 Å². The summed E-state index contributed by atoms with van der Waals surface area (Å²) in [5, 5.41) is 0. The molecule has 0 aliphatic heterocycles. The molecular weight excluding hydrogens is 272 g/mol. The van der Waals surface area contributed by atoms with Crippen molar-refractivity contribution in [2.75, 3.05) is 19.3 Å². The average molecular weight is 292 g/mol. The third-order valence-electron chi connectivity index (χ3n) is 2.79. The first-order chi connectivity index (χ1) is 9.13. The number of thioether (sulfide) groups is 1. The molecule has 0 spiro atoms. The van der Waals surface area contributed by atoms with E-state index in [1.807, 2.05) is 12.2 Å². The SMILES string of the molecule is C=CCN(CC=C)C(C(N)=S)c1ccc(SC)cc1. The Labute approximate surface area is 125 Å². The Morgan fingerprint density at radius 1 is 1.32 bits per heavy atom. The highest BCUT2D eigenvalue weighted by atomic mass is 32.2. The van der Waals surface area contributed by atoms with Crippen molar-refractivity contribution >= 4 is 29.0 Å². The molecule has 0 aliphatic rings. The van der Waals surface area contributed by atoms with Crippen molar-refractivity contribution in [1.29, 1.82) is 0 Å². The standard InChI is InChI=1S/C15H20N2S2/c1-4-10-17(11-5-2)14(15(16)18)12-6-8-13(19-3)9-7-12/h4-9,14H,1-2,10-11H2,3H3,(H2,16,18). The second kappa shape index (κ2) is 8.15. The number of thiocarbonyl (C=S) groups is 1. The quantitative estimate of drug-likeness (QED) is 0.452. The molecule has 2 N–H and O–H groups in total. The van der Waals surface area contributed by atoms with Crippen molar-refractivity contribution in [2.45, 2.75) is 10.9 Å². The Bertz CT molecular complexity index is 430. The maximum absolute atomic E-state index is 5.92. The summed E-state index contributed by atoms with van der Waals surface area (Å²) in [5.74, 6) is 0. The topological polar surface area (TPSA) is 29.3 Å². The molecule has 19 heavy (non-hydrogen) atoms. The van der Waals surface area contributed by atoms with E-state index in [1.165, 1.54) is 4.90 Å². The minimum Gasteiger partial charge on any atom is -0.392 e. The molecule has 1 aromatic rings. The van der Waals surface area contributed by atoms with Gasteiger partial charge in [0.2, 0.25) is 0 Å². The summed E-state index contributed by atoms with van der Waals surface area (Å²) in [6, 6.07) is 8.25. The van der Waals surface area contributed by atoms with Gasteiger partial charge in [0, 0.05) is 18.0 Å². The molecule has 0 bridgehead atoms. The molecule has 2 nitrogen and oxygen atoms in total. The van der Waals surface area contributed by atoms with Crippen molar-refractivity contribution in [1.82, 2.24) is 4.90 Å². The normalized spacial score (nSPS) is 12.1. The van der Waals surface area contributed by atoms with Crippen molar-refractivity contribution in [3.05, 3.63) is 55.1 Å². The molecule has 102 valence electrons. The number of benzene rings is 1. The second-order valence-electron chi connectivity index (χ2n) is 4.11. The van der Waals surface area contributed by atoms with Gasteiger partial charge in [0.05, 0.1) is 11.0 Å². The summed E-state index contributed by atoms with van der Waals surface area (Å²) in [6.07, 6.45) is 5.76. The van der Waals surface area contributed by atoms with Crippen LogP contribution in [0.25, 0.3) is 0 Å². The first-order valence-electron chi connectivity index (χ1n) is 6.03. The Morgan fingerprint density at radius 2 is 1.84 bits per heavy atom. The van der Waals surface area contributed by atoms with Crippen LogP contribution in [-0.4, -0.2) is 29.2 Å². The van der Waals surface area contributed by atoms with E-state index in [2.05, 4.69) is 48.6 Å². The van der Waals surface area contributed by atoms with Gasteiger partial charge in [0.15, 0.2) is 0 Å². The maximum atomic E-state index is 5.92. The molecule has 0 aliphatic carbocycles. The minimum atomic E-state index is -0.0816. The number of hydrogen-bond donors (Lipinski definition) is 1. The highest BCUT2D eigenvalue weighted by molar-refractivity contribution is 7.98. The Hall–Kier alpha value is -1.10. The number of nitrogens with two attached hydrogens (primary N) is 1. The van der Waals surface area contributed by atoms with Gasteiger partial charge in [0.1, 0.15) is 0 Å². The zero-order valence-electron chi connectivity index (χ0n) is 11.2. The summed E-state index contributed by atoms with van der Waals surface area (Å²) < 4.78 is 0. The van der Waals surface area contributed by atoms with Gasteiger partial charge in [-0.2, -0.15) is 0 Å². The number of hydrogen-bond acceptors (Lipinski definition) is 3. The van der Waals surface area contributed by atoms with Gasteiger partial charge in [-0.1, -0.05) is 36.5 Å². The average Bonchev–Trinajstić information content (AvgIpc) is 2.40. The first kappa shape index (κ1) is 16.0. The van der Waals surface area contributed by atoms with Crippen molar-refractivity contribution in [3.8, 4) is 0 Å². The maximum Gasteiger partial charge on any atom is 0.0948 e. The van der Waals surface area contributed by atoms with E-state index in [4.69, 9.17) is 18.0 Å². The lowest BCUT2D eigenvalue weighted by atomic mass is 10.1. The van der Waals surface area contributed by atoms with Crippen LogP contribution in [0.1, 0.15) is 11.6 Å². The van der Waals surface area contributed by atoms with Crippen molar-refractivity contribution < 1.29 is 0 Å². The van der Waals surface area contributed by atoms with Gasteiger partial charge in [-0.05, 0) is 24.0 Å². The highest BCUT2D eigenvalue weighted by Gasteiger charge is 2.21. The molecule has 0 aromatic heterocycles. The Morgan fingerprint density at radius 3 is 2.21 bits per heavy atom. The first-order valence-corrected chi connectivity index (χ1v) is 7.66. The second-order valence-corrected chi connectivity index (χ2v) is 5.46. The predicted molar refractivity (Wildman–Crippen MR) is 89.7 cm³/mol. The van der Waals surface area contributed by atoms with E-state index in [9.17, 15) is 0 Å². The van der Waals surface area contributed by atoms with Crippen LogP contribution >= 0.6 is 24.0 Å². The van der Waals surface area contributed by atoms with Gasteiger partial charge in [0.25, 0.3) is 0 Å². The largest absolute Gasteiger partial charge is 0.392 e. The molecule has 1 aromatic carbocycles. The van der Waals surface area contributed by atoms with Crippen LogP contribution in [0.2, 0.25) is 0 Å². The molecule has 0 saturated heterocycles. The minimum absolute atomic E-state index is 0.0816. The van der Waals surface area contributed by atoms with Crippen LogP contribution in [0.4, 0.5) is 0 Å². The fourth-order valence-electron chi connectivity index (χ4n) is 1.96. The van der Waals surface area contributed by atoms with Crippen LogP contribution in [0.15, 0.2) is 54.5 Å². The molecule has 4 heteroatoms. The smallest absolute Gasteiger partial charge is 0.0948 e. The lowest BCUT2D eigenvalue weighted by Gasteiger charge is -2.29. The monoisotopic (exact) mass is 292 g/mol. The molecule has 0 saturated carbocycles. The molecule has 0 radical (unpaired) electrons. The van der Waals surface area contributed by atoms with Crippen LogP contribution < -0.4 is 5.73 Å². The fraction of sp³-hybridized carbons (Fsp3) is 0.267. The summed E-state index contributed by atoms with van der Waals surface area (Å²) in [4.78, 5) is 3.85. The summed E-state index contributed by atoms with van der Waals surface area (Å²) >= 11 is 6.94. The van der Waals surface area contributed by atoms with E-state index in [1.54, 1.807) is 11.8 Å². The molecule has 1 rings (SSSR count). The third kappa shape index (κ3) is 4.49. The van der Waals surface area contributed by atoms with E-state index in [-0.39, 0.29) is 6.04 Å². The van der Waals surface area contributed by atoms with Gasteiger partial charge in [-0.25, -0.2) is 0 Å².